The Balaban J connectivity index is 3.30. The Labute approximate surface area is 144 Å². The van der Waals surface area contributed by atoms with Gasteiger partial charge in [-0.1, -0.05) is 0 Å². The van der Waals surface area contributed by atoms with E-state index in [0.29, 0.717) is 52.8 Å². The molecule has 0 aliphatic carbocycles. The highest BCUT2D eigenvalue weighted by Crippen LogP contribution is 1.92. The highest BCUT2D eigenvalue weighted by molar-refractivity contribution is 5.77. The Morgan fingerprint density at radius 1 is 0.875 bits per heavy atom. The fraction of sp³-hybridized carbons (Fsp3) is 0.875. The molecule has 0 aromatic carbocycles. The van der Waals surface area contributed by atoms with E-state index in [1.165, 1.54) is 0 Å². The lowest BCUT2D eigenvalue weighted by atomic mass is 10.3. The predicted molar refractivity (Wildman–Crippen MR) is 89.6 cm³/mol. The summed E-state index contributed by atoms with van der Waals surface area (Å²) < 4.78 is 20.7. The predicted octanol–water partition coefficient (Wildman–Crippen LogP) is 0.235. The molecule has 8 nitrogen and oxygen atoms in total. The Morgan fingerprint density at radius 2 is 1.54 bits per heavy atom. The maximum atomic E-state index is 11.5. The van der Waals surface area contributed by atoms with E-state index in [4.69, 9.17) is 24.7 Å². The number of rotatable bonds is 17. The van der Waals surface area contributed by atoms with Gasteiger partial charge in [-0.3, -0.25) is 9.59 Å². The monoisotopic (exact) mass is 348 g/mol. The molecule has 0 aromatic heterocycles. The number of carbonyl (C=O) groups is 2. The number of amides is 1. The summed E-state index contributed by atoms with van der Waals surface area (Å²) in [6.45, 7) is 6.22. The summed E-state index contributed by atoms with van der Waals surface area (Å²) in [4.78, 5) is 22.9. The van der Waals surface area contributed by atoms with Gasteiger partial charge >= 0.3 is 5.97 Å². The van der Waals surface area contributed by atoms with Crippen LogP contribution in [-0.4, -0.2) is 71.2 Å². The molecular weight excluding hydrogens is 316 g/mol. The molecule has 0 atom stereocenters. The Bertz CT molecular complexity index is 315. The normalized spacial score (nSPS) is 10.6. The molecule has 0 saturated carbocycles. The maximum Gasteiger partial charge on any atom is 0.307 e. The van der Waals surface area contributed by atoms with Crippen LogP contribution in [0.4, 0.5) is 0 Å². The molecule has 0 radical (unpaired) electrons. The standard InChI is InChI=1S/C16H32N2O6/c1-2-21-11-12-23-14-13-22-10-6-15(19)18-8-5-16(20)24-9-4-3-7-17/h2-14,17H2,1H3,(H,18,19). The fourth-order valence-electron chi connectivity index (χ4n) is 1.65. The number of hydrogen-bond donors (Lipinski definition) is 2. The SMILES string of the molecule is CCOCCOCCOCCC(=O)NCCC(=O)OCCCCN. The van der Waals surface area contributed by atoms with Crippen molar-refractivity contribution >= 4 is 11.9 Å². The first-order chi connectivity index (χ1) is 11.7. The fourth-order valence-corrected chi connectivity index (χ4v) is 1.65. The third kappa shape index (κ3) is 17.1. The van der Waals surface area contributed by atoms with Crippen LogP contribution in [0.1, 0.15) is 32.6 Å². The number of hydrogen-bond acceptors (Lipinski definition) is 7. The van der Waals surface area contributed by atoms with Gasteiger partial charge < -0.3 is 30.0 Å². The first kappa shape index (κ1) is 22.8. The Kier molecular flexibility index (Phi) is 17.2. The zero-order chi connectivity index (χ0) is 17.9. The molecule has 0 unspecified atom stereocenters. The summed E-state index contributed by atoms with van der Waals surface area (Å²) in [6.07, 6.45) is 2.02. The molecule has 0 heterocycles. The molecule has 1 amide bonds. The molecule has 0 fully saturated rings. The second-order valence-electron chi connectivity index (χ2n) is 4.99. The van der Waals surface area contributed by atoms with Crippen molar-refractivity contribution in [2.24, 2.45) is 5.73 Å². The maximum absolute atomic E-state index is 11.5. The van der Waals surface area contributed by atoms with Crippen molar-refractivity contribution in [2.75, 3.05) is 59.3 Å². The first-order valence-electron chi connectivity index (χ1n) is 8.56. The van der Waals surface area contributed by atoms with Gasteiger partial charge in [-0.25, -0.2) is 0 Å². The van der Waals surface area contributed by atoms with E-state index in [-0.39, 0.29) is 31.3 Å². The molecule has 24 heavy (non-hydrogen) atoms. The third-order valence-corrected chi connectivity index (χ3v) is 2.93. The number of nitrogens with two attached hydrogens (primary N) is 1. The number of carbonyl (C=O) groups excluding carboxylic acids is 2. The molecule has 0 aliphatic rings. The minimum atomic E-state index is -0.312. The summed E-state index contributed by atoms with van der Waals surface area (Å²) >= 11 is 0. The number of ether oxygens (including phenoxy) is 4. The van der Waals surface area contributed by atoms with Crippen molar-refractivity contribution in [1.29, 1.82) is 0 Å². The van der Waals surface area contributed by atoms with Crippen LogP contribution >= 0.6 is 0 Å². The number of unbranched alkanes of at least 4 members (excludes halogenated alkanes) is 1. The summed E-state index contributed by atoms with van der Waals surface area (Å²) in [5.41, 5.74) is 5.34. The van der Waals surface area contributed by atoms with Gasteiger partial charge in [0.15, 0.2) is 0 Å². The molecule has 0 spiro atoms. The zero-order valence-electron chi connectivity index (χ0n) is 14.7. The first-order valence-corrected chi connectivity index (χ1v) is 8.56. The molecule has 0 rings (SSSR count). The molecule has 0 bridgehead atoms. The molecule has 0 aromatic rings. The second kappa shape index (κ2) is 18.1. The summed E-state index contributed by atoms with van der Waals surface area (Å²) in [6, 6.07) is 0. The van der Waals surface area contributed by atoms with Gasteiger partial charge in [0.05, 0.1) is 46.1 Å². The zero-order valence-corrected chi connectivity index (χ0v) is 14.7. The van der Waals surface area contributed by atoms with Gasteiger partial charge in [-0.2, -0.15) is 0 Å². The van der Waals surface area contributed by atoms with Gasteiger partial charge in [-0.15, -0.1) is 0 Å². The Hall–Kier alpha value is -1.22. The largest absolute Gasteiger partial charge is 0.466 e. The van der Waals surface area contributed by atoms with Crippen LogP contribution in [0.2, 0.25) is 0 Å². The van der Waals surface area contributed by atoms with E-state index in [9.17, 15) is 9.59 Å². The van der Waals surface area contributed by atoms with E-state index in [0.717, 1.165) is 12.8 Å². The Morgan fingerprint density at radius 3 is 2.21 bits per heavy atom. The summed E-state index contributed by atoms with van der Waals surface area (Å²) in [5.74, 6) is -0.462. The quantitative estimate of drug-likeness (QED) is 0.286. The minimum Gasteiger partial charge on any atom is -0.466 e. The van der Waals surface area contributed by atoms with Crippen LogP contribution in [0.15, 0.2) is 0 Å². The van der Waals surface area contributed by atoms with Crippen LogP contribution in [0.3, 0.4) is 0 Å². The van der Waals surface area contributed by atoms with Crippen molar-refractivity contribution in [2.45, 2.75) is 32.6 Å². The van der Waals surface area contributed by atoms with Crippen LogP contribution in [0, 0.1) is 0 Å². The van der Waals surface area contributed by atoms with Crippen LogP contribution in [-0.2, 0) is 28.5 Å². The second-order valence-corrected chi connectivity index (χ2v) is 4.99. The van der Waals surface area contributed by atoms with E-state index in [1.807, 2.05) is 6.92 Å². The smallest absolute Gasteiger partial charge is 0.307 e. The third-order valence-electron chi connectivity index (χ3n) is 2.93. The van der Waals surface area contributed by atoms with Crippen LogP contribution in [0.5, 0.6) is 0 Å². The lowest BCUT2D eigenvalue weighted by molar-refractivity contribution is -0.143. The van der Waals surface area contributed by atoms with E-state index < -0.39 is 0 Å². The van der Waals surface area contributed by atoms with Crippen molar-refractivity contribution in [3.8, 4) is 0 Å². The molecule has 8 heteroatoms. The topological polar surface area (TPSA) is 109 Å². The average Bonchev–Trinajstić information content (AvgIpc) is 2.57. The van der Waals surface area contributed by atoms with Crippen molar-refractivity contribution in [3.05, 3.63) is 0 Å². The highest BCUT2D eigenvalue weighted by atomic mass is 16.5. The lowest BCUT2D eigenvalue weighted by Gasteiger charge is -2.07. The minimum absolute atomic E-state index is 0.150. The van der Waals surface area contributed by atoms with E-state index in [1.54, 1.807) is 0 Å². The number of esters is 1. The number of nitrogens with one attached hydrogen (secondary N) is 1. The van der Waals surface area contributed by atoms with Gasteiger partial charge in [-0.05, 0) is 26.3 Å². The van der Waals surface area contributed by atoms with E-state index >= 15 is 0 Å². The molecule has 0 saturated heterocycles. The summed E-state index contributed by atoms with van der Waals surface area (Å²) in [5, 5.41) is 2.65. The summed E-state index contributed by atoms with van der Waals surface area (Å²) in [7, 11) is 0. The lowest BCUT2D eigenvalue weighted by Crippen LogP contribution is -2.27. The molecule has 0 aliphatic heterocycles. The highest BCUT2D eigenvalue weighted by Gasteiger charge is 2.05. The molecule has 3 N–H and O–H groups in total. The van der Waals surface area contributed by atoms with Gasteiger partial charge in [0, 0.05) is 19.6 Å². The van der Waals surface area contributed by atoms with Gasteiger partial charge in [0.2, 0.25) is 5.91 Å². The van der Waals surface area contributed by atoms with Crippen molar-refractivity contribution in [3.63, 3.8) is 0 Å². The van der Waals surface area contributed by atoms with Gasteiger partial charge in [0.25, 0.3) is 0 Å². The molecule has 142 valence electrons. The van der Waals surface area contributed by atoms with Gasteiger partial charge in [0.1, 0.15) is 0 Å². The van der Waals surface area contributed by atoms with E-state index in [2.05, 4.69) is 5.32 Å². The average molecular weight is 348 g/mol. The van der Waals surface area contributed by atoms with Crippen LogP contribution < -0.4 is 11.1 Å². The van der Waals surface area contributed by atoms with Crippen molar-refractivity contribution < 1.29 is 28.5 Å². The molecular formula is C16H32N2O6. The van der Waals surface area contributed by atoms with Crippen LogP contribution in [0.25, 0.3) is 0 Å². The van der Waals surface area contributed by atoms with Crippen molar-refractivity contribution in [1.82, 2.24) is 5.32 Å².